The monoisotopic (exact) mass is 237 g/mol. The maximum atomic E-state index is 11.3. The molecule has 17 heavy (non-hydrogen) atoms. The van der Waals surface area contributed by atoms with Crippen molar-refractivity contribution in [1.82, 2.24) is 14.8 Å². The van der Waals surface area contributed by atoms with Crippen LogP contribution in [0.25, 0.3) is 0 Å². The number of aromatic nitrogens is 3. The molecule has 5 nitrogen and oxygen atoms in total. The molecule has 0 aromatic carbocycles. The van der Waals surface area contributed by atoms with Crippen molar-refractivity contribution >= 4 is 5.97 Å². The zero-order valence-corrected chi connectivity index (χ0v) is 10.4. The number of rotatable bonds is 3. The van der Waals surface area contributed by atoms with E-state index in [0.717, 1.165) is 43.9 Å². The fourth-order valence-corrected chi connectivity index (χ4v) is 2.80. The van der Waals surface area contributed by atoms with Gasteiger partial charge >= 0.3 is 5.97 Å². The zero-order valence-electron chi connectivity index (χ0n) is 10.4. The Balaban J connectivity index is 2.32. The molecule has 2 atom stereocenters. The summed E-state index contributed by atoms with van der Waals surface area (Å²) in [5, 5.41) is 17.6. The number of aliphatic carboxylic acids is 1. The van der Waals surface area contributed by atoms with Gasteiger partial charge in [-0.25, -0.2) is 0 Å². The average Bonchev–Trinajstić information content (AvgIpc) is 2.70. The Morgan fingerprint density at radius 2 is 2.12 bits per heavy atom. The minimum atomic E-state index is -0.696. The van der Waals surface area contributed by atoms with Gasteiger partial charge in [0.05, 0.1) is 5.92 Å². The van der Waals surface area contributed by atoms with Gasteiger partial charge in [-0.15, -0.1) is 10.2 Å². The predicted molar refractivity (Wildman–Crippen MR) is 62.8 cm³/mol. The standard InChI is InChI=1S/C12H19N3O2/c1-3-15-8(2)13-14-11(15)9-6-4-5-7-10(9)12(16)17/h9-10H,3-7H2,1-2H3,(H,16,17). The topological polar surface area (TPSA) is 68.0 Å². The number of nitrogens with zero attached hydrogens (tertiary/aromatic N) is 3. The molecule has 94 valence electrons. The highest BCUT2D eigenvalue weighted by Gasteiger charge is 2.35. The molecule has 2 unspecified atom stereocenters. The summed E-state index contributed by atoms with van der Waals surface area (Å²) in [6, 6.07) is 0. The van der Waals surface area contributed by atoms with Gasteiger partial charge < -0.3 is 9.67 Å². The van der Waals surface area contributed by atoms with E-state index in [4.69, 9.17) is 0 Å². The number of aryl methyl sites for hydroxylation is 1. The van der Waals surface area contributed by atoms with Crippen LogP contribution in [0.4, 0.5) is 0 Å². The van der Waals surface area contributed by atoms with Crippen LogP contribution in [0.1, 0.15) is 50.2 Å². The van der Waals surface area contributed by atoms with E-state index in [1.165, 1.54) is 0 Å². The molecule has 1 heterocycles. The van der Waals surface area contributed by atoms with Gasteiger partial charge in [0.1, 0.15) is 11.6 Å². The normalized spacial score (nSPS) is 24.8. The van der Waals surface area contributed by atoms with Crippen molar-refractivity contribution in [1.29, 1.82) is 0 Å². The third-order valence-corrected chi connectivity index (χ3v) is 3.70. The fraction of sp³-hybridized carbons (Fsp3) is 0.750. The van der Waals surface area contributed by atoms with Gasteiger partial charge in [-0.05, 0) is 26.7 Å². The van der Waals surface area contributed by atoms with E-state index in [0.29, 0.717) is 0 Å². The van der Waals surface area contributed by atoms with Crippen molar-refractivity contribution in [2.24, 2.45) is 5.92 Å². The Morgan fingerprint density at radius 1 is 1.41 bits per heavy atom. The second-order valence-corrected chi connectivity index (χ2v) is 4.69. The molecule has 0 amide bonds. The third kappa shape index (κ3) is 2.18. The molecule has 2 rings (SSSR count). The minimum Gasteiger partial charge on any atom is -0.481 e. The lowest BCUT2D eigenvalue weighted by Gasteiger charge is -2.27. The van der Waals surface area contributed by atoms with E-state index in [1.807, 2.05) is 18.4 Å². The van der Waals surface area contributed by atoms with E-state index in [-0.39, 0.29) is 11.8 Å². The maximum absolute atomic E-state index is 11.3. The van der Waals surface area contributed by atoms with Crippen LogP contribution in [0.5, 0.6) is 0 Å². The van der Waals surface area contributed by atoms with Gasteiger partial charge in [-0.1, -0.05) is 12.8 Å². The van der Waals surface area contributed by atoms with E-state index in [1.54, 1.807) is 0 Å². The highest BCUT2D eigenvalue weighted by Crippen LogP contribution is 2.37. The van der Waals surface area contributed by atoms with E-state index in [2.05, 4.69) is 10.2 Å². The minimum absolute atomic E-state index is 0.0300. The van der Waals surface area contributed by atoms with Crippen LogP contribution in [0.3, 0.4) is 0 Å². The first kappa shape index (κ1) is 12.1. The third-order valence-electron chi connectivity index (χ3n) is 3.70. The molecule has 1 saturated carbocycles. The number of hydrogen-bond donors (Lipinski definition) is 1. The summed E-state index contributed by atoms with van der Waals surface area (Å²) in [6.45, 7) is 4.76. The van der Waals surface area contributed by atoms with E-state index in [9.17, 15) is 9.90 Å². The first-order chi connectivity index (χ1) is 8.15. The first-order valence-electron chi connectivity index (χ1n) is 6.27. The Morgan fingerprint density at radius 3 is 2.76 bits per heavy atom. The number of carbonyl (C=O) groups is 1. The smallest absolute Gasteiger partial charge is 0.307 e. The molecule has 1 aliphatic carbocycles. The number of carboxylic acid groups (broad SMARTS) is 1. The van der Waals surface area contributed by atoms with Crippen molar-refractivity contribution in [3.63, 3.8) is 0 Å². The average molecular weight is 237 g/mol. The Kier molecular flexibility index (Phi) is 3.45. The van der Waals surface area contributed by atoms with Gasteiger partial charge in [0.2, 0.25) is 0 Å². The Hall–Kier alpha value is -1.39. The van der Waals surface area contributed by atoms with E-state index < -0.39 is 5.97 Å². The van der Waals surface area contributed by atoms with Crippen LogP contribution in [-0.2, 0) is 11.3 Å². The Bertz CT molecular complexity index is 414. The zero-order chi connectivity index (χ0) is 12.4. The lowest BCUT2D eigenvalue weighted by molar-refractivity contribution is -0.143. The molecule has 1 N–H and O–H groups in total. The van der Waals surface area contributed by atoms with Gasteiger partial charge in [-0.2, -0.15) is 0 Å². The molecule has 1 fully saturated rings. The summed E-state index contributed by atoms with van der Waals surface area (Å²) in [7, 11) is 0. The van der Waals surface area contributed by atoms with Gasteiger partial charge in [0, 0.05) is 12.5 Å². The van der Waals surface area contributed by atoms with Gasteiger partial charge in [0.25, 0.3) is 0 Å². The molecule has 0 radical (unpaired) electrons. The first-order valence-corrected chi connectivity index (χ1v) is 6.27. The second-order valence-electron chi connectivity index (χ2n) is 4.69. The molecular weight excluding hydrogens is 218 g/mol. The second kappa shape index (κ2) is 4.85. The number of carboxylic acids is 1. The molecule has 0 saturated heterocycles. The van der Waals surface area contributed by atoms with Crippen molar-refractivity contribution in [2.45, 2.75) is 52.0 Å². The van der Waals surface area contributed by atoms with Gasteiger partial charge in [-0.3, -0.25) is 4.79 Å². The maximum Gasteiger partial charge on any atom is 0.307 e. The summed E-state index contributed by atoms with van der Waals surface area (Å²) in [5.74, 6) is 0.771. The fourth-order valence-electron chi connectivity index (χ4n) is 2.80. The number of hydrogen-bond acceptors (Lipinski definition) is 3. The van der Waals surface area contributed by atoms with Gasteiger partial charge in [0.15, 0.2) is 0 Å². The predicted octanol–water partition coefficient (Wildman–Crippen LogP) is 1.96. The summed E-state index contributed by atoms with van der Waals surface area (Å²) < 4.78 is 2.03. The molecule has 0 aliphatic heterocycles. The van der Waals surface area contributed by atoms with Crippen LogP contribution in [0.2, 0.25) is 0 Å². The summed E-state index contributed by atoms with van der Waals surface area (Å²) in [4.78, 5) is 11.3. The molecule has 0 bridgehead atoms. The lowest BCUT2D eigenvalue weighted by atomic mass is 9.78. The quantitative estimate of drug-likeness (QED) is 0.872. The molecule has 1 aromatic heterocycles. The Labute approximate surface area is 101 Å². The van der Waals surface area contributed by atoms with Crippen molar-refractivity contribution < 1.29 is 9.90 Å². The molecular formula is C12H19N3O2. The SMILES string of the molecule is CCn1c(C)nnc1C1CCCCC1C(=O)O. The highest BCUT2D eigenvalue weighted by molar-refractivity contribution is 5.71. The van der Waals surface area contributed by atoms with Crippen molar-refractivity contribution in [3.8, 4) is 0 Å². The lowest BCUT2D eigenvalue weighted by Crippen LogP contribution is -2.27. The molecule has 0 spiro atoms. The molecule has 1 aliphatic rings. The van der Waals surface area contributed by atoms with E-state index >= 15 is 0 Å². The summed E-state index contributed by atoms with van der Waals surface area (Å²) >= 11 is 0. The van der Waals surface area contributed by atoms with Crippen molar-refractivity contribution in [3.05, 3.63) is 11.6 Å². The molecule has 1 aromatic rings. The van der Waals surface area contributed by atoms with Crippen molar-refractivity contribution in [2.75, 3.05) is 0 Å². The van der Waals surface area contributed by atoms with Crippen LogP contribution in [0.15, 0.2) is 0 Å². The highest BCUT2D eigenvalue weighted by atomic mass is 16.4. The molecule has 5 heteroatoms. The summed E-state index contributed by atoms with van der Waals surface area (Å²) in [6.07, 6.45) is 3.77. The van der Waals surface area contributed by atoms with Crippen LogP contribution in [-0.4, -0.2) is 25.8 Å². The largest absolute Gasteiger partial charge is 0.481 e. The van der Waals surface area contributed by atoms with Crippen LogP contribution >= 0.6 is 0 Å². The van der Waals surface area contributed by atoms with Crippen LogP contribution < -0.4 is 0 Å². The summed E-state index contributed by atoms with van der Waals surface area (Å²) in [5.41, 5.74) is 0. The van der Waals surface area contributed by atoms with Crippen LogP contribution in [0, 0.1) is 12.8 Å².